The van der Waals surface area contributed by atoms with Crippen molar-refractivity contribution in [2.75, 3.05) is 5.75 Å². The molecule has 0 radical (unpaired) electrons. The molecule has 2 aromatic rings. The van der Waals surface area contributed by atoms with E-state index in [-0.39, 0.29) is 27.9 Å². The van der Waals surface area contributed by atoms with Gasteiger partial charge in [-0.15, -0.1) is 11.3 Å². The number of hydrogen-bond acceptors (Lipinski definition) is 6. The van der Waals surface area contributed by atoms with Crippen molar-refractivity contribution in [2.24, 2.45) is 0 Å². The first-order valence-electron chi connectivity index (χ1n) is 7.95. The molecule has 2 rings (SSSR count). The maximum atomic E-state index is 12.2. The number of carbonyl (C=O) groups is 2. The van der Waals surface area contributed by atoms with Crippen LogP contribution in [0.3, 0.4) is 0 Å². The molecule has 140 valence electrons. The van der Waals surface area contributed by atoms with E-state index in [1.807, 2.05) is 0 Å². The summed E-state index contributed by atoms with van der Waals surface area (Å²) < 4.78 is 23.6. The Morgan fingerprint density at radius 1 is 1.27 bits per heavy atom. The topological polar surface area (TPSA) is 113 Å². The Balaban J connectivity index is 2.02. The molecule has 0 spiro atoms. The first kappa shape index (κ1) is 20.1. The largest absolute Gasteiger partial charge is 0.477 e. The number of aryl methyl sites for hydroxylation is 1. The second-order valence-electron chi connectivity index (χ2n) is 5.79. The monoisotopic (exact) mass is 396 g/mol. The van der Waals surface area contributed by atoms with E-state index in [4.69, 9.17) is 5.11 Å². The normalized spacial score (nSPS) is 12.6. The van der Waals surface area contributed by atoms with Crippen LogP contribution in [0.25, 0.3) is 0 Å². The number of hydrogen-bond donors (Lipinski definition) is 2. The van der Waals surface area contributed by atoms with E-state index in [0.29, 0.717) is 16.3 Å². The summed E-state index contributed by atoms with van der Waals surface area (Å²) in [7, 11) is -3.26. The van der Waals surface area contributed by atoms with Crippen molar-refractivity contribution in [3.63, 3.8) is 0 Å². The Morgan fingerprint density at radius 3 is 2.38 bits per heavy atom. The number of rotatable bonds is 7. The van der Waals surface area contributed by atoms with Crippen molar-refractivity contribution in [1.82, 2.24) is 10.3 Å². The van der Waals surface area contributed by atoms with Crippen LogP contribution in [0.1, 0.15) is 45.8 Å². The number of thiazole rings is 1. The molecule has 0 fully saturated rings. The van der Waals surface area contributed by atoms with E-state index in [1.165, 1.54) is 12.1 Å². The maximum Gasteiger partial charge on any atom is 0.347 e. The quantitative estimate of drug-likeness (QED) is 0.743. The van der Waals surface area contributed by atoms with Gasteiger partial charge in [-0.05, 0) is 31.5 Å². The average molecular weight is 396 g/mol. The number of nitrogens with zero attached hydrogens (tertiary/aromatic N) is 1. The highest BCUT2D eigenvalue weighted by Gasteiger charge is 2.19. The van der Waals surface area contributed by atoms with Gasteiger partial charge in [0.25, 0.3) is 0 Å². The number of sulfone groups is 1. The minimum atomic E-state index is -3.26. The van der Waals surface area contributed by atoms with Gasteiger partial charge in [0.15, 0.2) is 9.84 Å². The fourth-order valence-corrected chi connectivity index (χ4v) is 4.11. The van der Waals surface area contributed by atoms with Crippen molar-refractivity contribution >= 4 is 33.1 Å². The molecule has 1 atom stereocenters. The molecular formula is C17H20N2O5S2. The van der Waals surface area contributed by atoms with Crippen LogP contribution in [-0.2, 0) is 21.1 Å². The molecule has 0 saturated carbocycles. The lowest BCUT2D eigenvalue weighted by Crippen LogP contribution is -2.28. The fraction of sp³-hybridized carbons (Fsp3) is 0.353. The number of amides is 1. The molecule has 9 heteroatoms. The first-order valence-corrected chi connectivity index (χ1v) is 10.4. The molecule has 1 aromatic carbocycles. The van der Waals surface area contributed by atoms with Crippen molar-refractivity contribution in [3.8, 4) is 0 Å². The van der Waals surface area contributed by atoms with E-state index in [0.717, 1.165) is 11.3 Å². The van der Waals surface area contributed by atoms with Gasteiger partial charge in [-0.1, -0.05) is 19.1 Å². The van der Waals surface area contributed by atoms with E-state index in [9.17, 15) is 18.0 Å². The number of aromatic carboxylic acids is 1. The molecule has 0 aliphatic heterocycles. The first-order chi connectivity index (χ1) is 12.1. The van der Waals surface area contributed by atoms with Gasteiger partial charge >= 0.3 is 5.97 Å². The molecule has 7 nitrogen and oxygen atoms in total. The Labute approximate surface area is 156 Å². The number of carboxylic acids is 1. The Kier molecular flexibility index (Phi) is 6.14. The molecule has 26 heavy (non-hydrogen) atoms. The van der Waals surface area contributed by atoms with Crippen LogP contribution in [0.15, 0.2) is 29.2 Å². The minimum Gasteiger partial charge on any atom is -0.477 e. The molecule has 0 aliphatic carbocycles. The highest BCUT2D eigenvalue weighted by Crippen LogP contribution is 2.23. The van der Waals surface area contributed by atoms with Crippen molar-refractivity contribution in [2.45, 2.75) is 38.1 Å². The summed E-state index contributed by atoms with van der Waals surface area (Å²) in [6.45, 7) is 4.93. The molecule has 1 amide bonds. The van der Waals surface area contributed by atoms with Gasteiger partial charge < -0.3 is 10.4 Å². The Hall–Kier alpha value is -2.26. The van der Waals surface area contributed by atoms with Crippen LogP contribution in [0.2, 0.25) is 0 Å². The SMILES string of the molecule is CCS(=O)(=O)c1ccc(CC(=O)NC(C)c2nc(C)c(C(=O)O)s2)cc1. The summed E-state index contributed by atoms with van der Waals surface area (Å²) in [5.41, 5.74) is 1.11. The van der Waals surface area contributed by atoms with Gasteiger partial charge in [0, 0.05) is 0 Å². The molecule has 1 aromatic heterocycles. The number of nitrogens with one attached hydrogen (secondary N) is 1. The lowest BCUT2D eigenvalue weighted by Gasteiger charge is -2.11. The zero-order valence-corrected chi connectivity index (χ0v) is 16.3. The highest BCUT2D eigenvalue weighted by molar-refractivity contribution is 7.91. The van der Waals surface area contributed by atoms with Gasteiger partial charge in [0.1, 0.15) is 9.88 Å². The van der Waals surface area contributed by atoms with Crippen LogP contribution >= 0.6 is 11.3 Å². The molecule has 0 bridgehead atoms. The van der Waals surface area contributed by atoms with E-state index in [2.05, 4.69) is 10.3 Å². The van der Waals surface area contributed by atoms with E-state index < -0.39 is 21.8 Å². The van der Waals surface area contributed by atoms with Crippen molar-refractivity contribution < 1.29 is 23.1 Å². The van der Waals surface area contributed by atoms with Gasteiger partial charge in [-0.2, -0.15) is 0 Å². The Morgan fingerprint density at radius 2 is 1.88 bits per heavy atom. The zero-order valence-electron chi connectivity index (χ0n) is 14.6. The maximum absolute atomic E-state index is 12.2. The number of carbonyl (C=O) groups excluding carboxylic acids is 1. The molecule has 0 saturated heterocycles. The minimum absolute atomic E-state index is 0.0237. The predicted molar refractivity (Wildman–Crippen MR) is 98.2 cm³/mol. The van der Waals surface area contributed by atoms with Crippen LogP contribution in [-0.4, -0.2) is 36.1 Å². The number of benzene rings is 1. The average Bonchev–Trinajstić information content (AvgIpc) is 2.97. The molecule has 2 N–H and O–H groups in total. The van der Waals surface area contributed by atoms with Crippen LogP contribution in [0, 0.1) is 6.92 Å². The number of aromatic nitrogens is 1. The fourth-order valence-electron chi connectivity index (χ4n) is 2.32. The lowest BCUT2D eigenvalue weighted by atomic mass is 10.1. The van der Waals surface area contributed by atoms with Gasteiger partial charge in [0.2, 0.25) is 5.91 Å². The van der Waals surface area contributed by atoms with Crippen LogP contribution < -0.4 is 5.32 Å². The highest BCUT2D eigenvalue weighted by atomic mass is 32.2. The summed E-state index contributed by atoms with van der Waals surface area (Å²) in [6.07, 6.45) is 0.0902. The van der Waals surface area contributed by atoms with Crippen molar-refractivity contribution in [3.05, 3.63) is 45.4 Å². The van der Waals surface area contributed by atoms with Crippen molar-refractivity contribution in [1.29, 1.82) is 0 Å². The molecule has 1 heterocycles. The zero-order chi connectivity index (χ0) is 19.5. The molecule has 1 unspecified atom stereocenters. The second-order valence-corrected chi connectivity index (χ2v) is 9.09. The molecular weight excluding hydrogens is 376 g/mol. The predicted octanol–water partition coefficient (Wildman–Crippen LogP) is 2.36. The van der Waals surface area contributed by atoms with Crippen LogP contribution in [0.5, 0.6) is 0 Å². The summed E-state index contributed by atoms with van der Waals surface area (Å²) in [5.74, 6) is -1.27. The third-order valence-corrected chi connectivity index (χ3v) is 6.86. The van der Waals surface area contributed by atoms with Gasteiger partial charge in [-0.3, -0.25) is 4.79 Å². The molecule has 0 aliphatic rings. The Bertz CT molecular complexity index is 917. The van der Waals surface area contributed by atoms with E-state index >= 15 is 0 Å². The summed E-state index contributed by atoms with van der Waals surface area (Å²) in [6, 6.07) is 5.80. The third-order valence-electron chi connectivity index (χ3n) is 3.78. The number of carboxylic acid groups (broad SMARTS) is 1. The smallest absolute Gasteiger partial charge is 0.347 e. The van der Waals surface area contributed by atoms with Gasteiger partial charge in [-0.25, -0.2) is 18.2 Å². The van der Waals surface area contributed by atoms with Gasteiger partial charge in [0.05, 0.1) is 28.8 Å². The summed E-state index contributed by atoms with van der Waals surface area (Å²) >= 11 is 1.04. The standard InChI is InChI=1S/C17H20N2O5S2/c1-4-26(23,24)13-7-5-12(6-8-13)9-14(20)18-11(3)16-19-10(2)15(25-16)17(21)22/h5-8,11H,4,9H2,1-3H3,(H,18,20)(H,21,22). The third kappa shape index (κ3) is 4.67. The lowest BCUT2D eigenvalue weighted by molar-refractivity contribution is -0.121. The van der Waals surface area contributed by atoms with E-state index in [1.54, 1.807) is 32.9 Å². The van der Waals surface area contributed by atoms with Crippen LogP contribution in [0.4, 0.5) is 0 Å². The summed E-state index contributed by atoms with van der Waals surface area (Å²) in [5, 5.41) is 12.4. The summed E-state index contributed by atoms with van der Waals surface area (Å²) in [4.78, 5) is 27.9. The second kappa shape index (κ2) is 7.96.